The SMILES string of the molecule is Cc1nnsc1C(=O)N1CCC(C)(C(N)=S)CC1. The molecule has 1 saturated heterocycles. The second kappa shape index (κ2) is 4.89. The maximum absolute atomic E-state index is 12.3. The monoisotopic (exact) mass is 284 g/mol. The molecule has 0 unspecified atom stereocenters. The van der Waals surface area contributed by atoms with Crippen LogP contribution in [0.25, 0.3) is 0 Å². The second-order valence-corrected chi connectivity index (χ2v) is 6.10. The normalized spacial score (nSPS) is 18.7. The van der Waals surface area contributed by atoms with Gasteiger partial charge in [-0.3, -0.25) is 4.79 Å². The van der Waals surface area contributed by atoms with E-state index in [-0.39, 0.29) is 11.3 Å². The van der Waals surface area contributed by atoms with Crippen molar-refractivity contribution in [3.63, 3.8) is 0 Å². The predicted molar refractivity (Wildman–Crippen MR) is 74.7 cm³/mol. The molecule has 2 heterocycles. The van der Waals surface area contributed by atoms with Gasteiger partial charge in [-0.2, -0.15) is 0 Å². The van der Waals surface area contributed by atoms with Crippen molar-refractivity contribution in [2.45, 2.75) is 26.7 Å². The van der Waals surface area contributed by atoms with E-state index in [0.29, 0.717) is 28.6 Å². The molecule has 98 valence electrons. The van der Waals surface area contributed by atoms with Gasteiger partial charge in [0.2, 0.25) is 0 Å². The van der Waals surface area contributed by atoms with Gasteiger partial charge in [-0.05, 0) is 31.3 Å². The van der Waals surface area contributed by atoms with Crippen molar-refractivity contribution in [3.8, 4) is 0 Å². The fourth-order valence-corrected chi connectivity index (χ4v) is 2.85. The number of piperidine rings is 1. The predicted octanol–water partition coefficient (Wildman–Crippen LogP) is 1.37. The Labute approximate surface area is 116 Å². The van der Waals surface area contributed by atoms with Gasteiger partial charge < -0.3 is 10.6 Å². The second-order valence-electron chi connectivity index (χ2n) is 4.90. The highest BCUT2D eigenvalue weighted by molar-refractivity contribution is 7.80. The molecule has 0 spiro atoms. The Morgan fingerprint density at radius 3 is 2.56 bits per heavy atom. The lowest BCUT2D eigenvalue weighted by molar-refractivity contribution is 0.0674. The number of rotatable bonds is 2. The van der Waals surface area contributed by atoms with Gasteiger partial charge in [0.15, 0.2) is 0 Å². The Hall–Kier alpha value is -1.08. The lowest BCUT2D eigenvalue weighted by Gasteiger charge is -2.38. The number of nitrogens with two attached hydrogens (primary N) is 1. The van der Waals surface area contributed by atoms with E-state index in [2.05, 4.69) is 16.5 Å². The van der Waals surface area contributed by atoms with Gasteiger partial charge in [0.1, 0.15) is 4.88 Å². The summed E-state index contributed by atoms with van der Waals surface area (Å²) < 4.78 is 3.80. The van der Waals surface area contributed by atoms with Crippen LogP contribution in [-0.2, 0) is 0 Å². The summed E-state index contributed by atoms with van der Waals surface area (Å²) in [6.07, 6.45) is 1.64. The summed E-state index contributed by atoms with van der Waals surface area (Å²) in [4.78, 5) is 15.3. The summed E-state index contributed by atoms with van der Waals surface area (Å²) in [5, 5.41) is 3.87. The van der Waals surface area contributed by atoms with Crippen LogP contribution >= 0.6 is 23.8 Å². The third-order valence-electron chi connectivity index (χ3n) is 3.59. The Kier molecular flexibility index (Phi) is 3.63. The molecule has 7 heteroatoms. The number of likely N-dealkylation sites (tertiary alicyclic amines) is 1. The number of amides is 1. The lowest BCUT2D eigenvalue weighted by Crippen LogP contribution is -2.46. The molecule has 0 saturated carbocycles. The molecule has 0 atom stereocenters. The summed E-state index contributed by atoms with van der Waals surface area (Å²) in [7, 11) is 0. The van der Waals surface area contributed by atoms with E-state index < -0.39 is 0 Å². The first kappa shape index (κ1) is 13.4. The molecule has 18 heavy (non-hydrogen) atoms. The van der Waals surface area contributed by atoms with Crippen LogP contribution in [0.3, 0.4) is 0 Å². The summed E-state index contributed by atoms with van der Waals surface area (Å²) in [5.41, 5.74) is 6.34. The molecule has 1 aromatic heterocycles. The smallest absolute Gasteiger partial charge is 0.267 e. The maximum atomic E-state index is 12.3. The number of hydrogen-bond acceptors (Lipinski definition) is 5. The van der Waals surface area contributed by atoms with E-state index in [1.54, 1.807) is 6.92 Å². The summed E-state index contributed by atoms with van der Waals surface area (Å²) in [6.45, 7) is 5.24. The number of carbonyl (C=O) groups excluding carboxylic acids is 1. The molecule has 0 aromatic carbocycles. The van der Waals surface area contributed by atoms with Crippen molar-refractivity contribution in [2.75, 3.05) is 13.1 Å². The van der Waals surface area contributed by atoms with Gasteiger partial charge in [-0.1, -0.05) is 23.6 Å². The van der Waals surface area contributed by atoms with E-state index in [1.807, 2.05) is 4.90 Å². The minimum Gasteiger partial charge on any atom is -0.393 e. The topological polar surface area (TPSA) is 72.1 Å². The number of aromatic nitrogens is 2. The van der Waals surface area contributed by atoms with Crippen molar-refractivity contribution >= 4 is 34.6 Å². The average molecular weight is 284 g/mol. The van der Waals surface area contributed by atoms with Crippen molar-refractivity contribution in [1.82, 2.24) is 14.5 Å². The Morgan fingerprint density at radius 1 is 1.50 bits per heavy atom. The number of aryl methyl sites for hydroxylation is 1. The van der Waals surface area contributed by atoms with E-state index in [9.17, 15) is 4.79 Å². The number of nitrogens with zero attached hydrogens (tertiary/aromatic N) is 3. The lowest BCUT2D eigenvalue weighted by atomic mass is 9.80. The minimum absolute atomic E-state index is 0.0208. The number of hydrogen-bond donors (Lipinski definition) is 1. The molecular formula is C11H16N4OS2. The zero-order valence-electron chi connectivity index (χ0n) is 10.5. The van der Waals surface area contributed by atoms with Gasteiger partial charge >= 0.3 is 0 Å². The molecule has 0 bridgehead atoms. The Morgan fingerprint density at radius 2 is 2.11 bits per heavy atom. The average Bonchev–Trinajstić information content (AvgIpc) is 2.75. The Bertz CT molecular complexity index is 477. The molecule has 1 aromatic rings. The van der Waals surface area contributed by atoms with E-state index in [4.69, 9.17) is 18.0 Å². The number of carbonyl (C=O) groups is 1. The fourth-order valence-electron chi connectivity index (χ4n) is 2.02. The first-order chi connectivity index (χ1) is 8.44. The zero-order chi connectivity index (χ0) is 13.3. The first-order valence-electron chi connectivity index (χ1n) is 5.82. The molecule has 2 N–H and O–H groups in total. The molecular weight excluding hydrogens is 268 g/mol. The summed E-state index contributed by atoms with van der Waals surface area (Å²) >= 11 is 6.24. The minimum atomic E-state index is -0.118. The number of thiocarbonyl (C=S) groups is 1. The van der Waals surface area contributed by atoms with Crippen LogP contribution in [0.1, 0.15) is 35.1 Å². The highest BCUT2D eigenvalue weighted by atomic mass is 32.1. The third-order valence-corrected chi connectivity index (χ3v) is 4.90. The van der Waals surface area contributed by atoms with Gasteiger partial charge in [0.25, 0.3) is 5.91 Å². The third kappa shape index (κ3) is 2.37. The molecule has 1 amide bonds. The molecule has 0 aliphatic carbocycles. The highest BCUT2D eigenvalue weighted by Crippen LogP contribution is 2.32. The maximum Gasteiger partial charge on any atom is 0.267 e. The van der Waals surface area contributed by atoms with Crippen LogP contribution < -0.4 is 5.73 Å². The van der Waals surface area contributed by atoms with Crippen molar-refractivity contribution in [2.24, 2.45) is 11.1 Å². The van der Waals surface area contributed by atoms with Gasteiger partial charge in [0, 0.05) is 18.5 Å². The van der Waals surface area contributed by atoms with Crippen LogP contribution in [0.5, 0.6) is 0 Å². The summed E-state index contributed by atoms with van der Waals surface area (Å²) in [5.74, 6) is 0.0208. The largest absolute Gasteiger partial charge is 0.393 e. The molecule has 1 fully saturated rings. The van der Waals surface area contributed by atoms with Crippen LogP contribution in [0.15, 0.2) is 0 Å². The molecule has 0 radical (unpaired) electrons. The molecule has 1 aliphatic rings. The van der Waals surface area contributed by atoms with Gasteiger partial charge in [0.05, 0.1) is 10.7 Å². The van der Waals surface area contributed by atoms with E-state index >= 15 is 0 Å². The standard InChI is InChI=1S/C11H16N4OS2/c1-7-8(18-14-13-7)9(16)15-5-3-11(2,4-6-15)10(12)17/h3-6H2,1-2H3,(H2,12,17). The van der Waals surface area contributed by atoms with Crippen LogP contribution in [0, 0.1) is 12.3 Å². The zero-order valence-corrected chi connectivity index (χ0v) is 12.1. The molecule has 2 rings (SSSR count). The fraction of sp³-hybridized carbons (Fsp3) is 0.636. The van der Waals surface area contributed by atoms with E-state index in [1.165, 1.54) is 0 Å². The molecule has 1 aliphatic heterocycles. The quantitative estimate of drug-likeness (QED) is 0.831. The van der Waals surface area contributed by atoms with Crippen molar-refractivity contribution in [3.05, 3.63) is 10.6 Å². The van der Waals surface area contributed by atoms with Crippen molar-refractivity contribution < 1.29 is 4.79 Å². The van der Waals surface area contributed by atoms with Crippen molar-refractivity contribution in [1.29, 1.82) is 0 Å². The Balaban J connectivity index is 2.05. The van der Waals surface area contributed by atoms with Crippen LogP contribution in [0.2, 0.25) is 0 Å². The van der Waals surface area contributed by atoms with Crippen LogP contribution in [-0.4, -0.2) is 38.5 Å². The van der Waals surface area contributed by atoms with E-state index in [0.717, 1.165) is 24.4 Å². The summed E-state index contributed by atoms with van der Waals surface area (Å²) in [6, 6.07) is 0. The van der Waals surface area contributed by atoms with Gasteiger partial charge in [-0.25, -0.2) is 0 Å². The van der Waals surface area contributed by atoms with Crippen LogP contribution in [0.4, 0.5) is 0 Å². The first-order valence-corrected chi connectivity index (χ1v) is 7.00. The van der Waals surface area contributed by atoms with Gasteiger partial charge in [-0.15, -0.1) is 5.10 Å². The molecule has 5 nitrogen and oxygen atoms in total. The highest BCUT2D eigenvalue weighted by Gasteiger charge is 2.35.